The number of anilines is 2. The SMILES string of the molecule is Cc1ccc(NC(=O)Nc2nnc(C=Cc3ccccc3Cl)s2)cc1C. The Morgan fingerprint density at radius 1 is 1.04 bits per heavy atom. The average Bonchev–Trinajstić information content (AvgIpc) is 3.05. The first kappa shape index (κ1) is 18.1. The number of aryl methyl sites for hydroxylation is 2. The van der Waals surface area contributed by atoms with Gasteiger partial charge < -0.3 is 5.32 Å². The molecule has 1 aromatic heterocycles. The van der Waals surface area contributed by atoms with E-state index in [1.807, 2.05) is 68.5 Å². The fourth-order valence-corrected chi connectivity index (χ4v) is 3.04. The summed E-state index contributed by atoms with van der Waals surface area (Å²) in [6.45, 7) is 4.03. The zero-order chi connectivity index (χ0) is 18.5. The van der Waals surface area contributed by atoms with E-state index in [2.05, 4.69) is 20.8 Å². The van der Waals surface area contributed by atoms with E-state index in [0.29, 0.717) is 15.2 Å². The van der Waals surface area contributed by atoms with E-state index >= 15 is 0 Å². The lowest BCUT2D eigenvalue weighted by molar-refractivity contribution is 0.262. The number of hydrogen-bond donors (Lipinski definition) is 2. The second kappa shape index (κ2) is 8.12. The molecule has 2 N–H and O–H groups in total. The molecule has 26 heavy (non-hydrogen) atoms. The van der Waals surface area contributed by atoms with Crippen LogP contribution in [0.15, 0.2) is 42.5 Å². The summed E-state index contributed by atoms with van der Waals surface area (Å²) in [6, 6.07) is 12.9. The van der Waals surface area contributed by atoms with E-state index in [4.69, 9.17) is 11.6 Å². The molecule has 1 heterocycles. The van der Waals surface area contributed by atoms with Crippen LogP contribution in [0.5, 0.6) is 0 Å². The maximum Gasteiger partial charge on any atom is 0.325 e. The lowest BCUT2D eigenvalue weighted by Gasteiger charge is -2.07. The van der Waals surface area contributed by atoms with Crippen LogP contribution in [0.4, 0.5) is 15.6 Å². The molecule has 3 aromatic rings. The molecular weight excluding hydrogens is 368 g/mol. The van der Waals surface area contributed by atoms with E-state index < -0.39 is 0 Å². The molecule has 0 bridgehead atoms. The van der Waals surface area contributed by atoms with Crippen LogP contribution in [0.2, 0.25) is 5.02 Å². The molecule has 2 aromatic carbocycles. The number of nitrogens with zero attached hydrogens (tertiary/aromatic N) is 2. The third-order valence-electron chi connectivity index (χ3n) is 3.74. The Labute approximate surface area is 160 Å². The number of carbonyl (C=O) groups excluding carboxylic acids is 1. The number of hydrogen-bond acceptors (Lipinski definition) is 4. The van der Waals surface area contributed by atoms with Crippen molar-refractivity contribution < 1.29 is 4.79 Å². The van der Waals surface area contributed by atoms with Crippen molar-refractivity contribution in [3.05, 3.63) is 69.2 Å². The van der Waals surface area contributed by atoms with Crippen LogP contribution in [0.25, 0.3) is 12.2 Å². The molecule has 0 radical (unpaired) electrons. The van der Waals surface area contributed by atoms with E-state index in [1.165, 1.54) is 16.9 Å². The highest BCUT2D eigenvalue weighted by Gasteiger charge is 2.08. The molecule has 0 saturated heterocycles. The van der Waals surface area contributed by atoms with Crippen LogP contribution in [-0.4, -0.2) is 16.2 Å². The standard InChI is InChI=1S/C19H17ClN4OS/c1-12-7-9-15(11-13(12)2)21-18(25)22-19-24-23-17(26-19)10-8-14-5-3-4-6-16(14)20/h3-11H,1-2H3,(H2,21,22,24,25). The Morgan fingerprint density at radius 2 is 1.85 bits per heavy atom. The predicted octanol–water partition coefficient (Wildman–Crippen LogP) is 5.62. The Bertz CT molecular complexity index is 968. The molecule has 0 aliphatic carbocycles. The summed E-state index contributed by atoms with van der Waals surface area (Å²) in [7, 11) is 0. The molecule has 0 aliphatic heterocycles. The van der Waals surface area contributed by atoms with Gasteiger partial charge in [-0.05, 0) is 54.8 Å². The normalized spacial score (nSPS) is 10.9. The zero-order valence-electron chi connectivity index (χ0n) is 14.3. The van der Waals surface area contributed by atoms with Crippen molar-refractivity contribution in [3.8, 4) is 0 Å². The number of benzene rings is 2. The quantitative estimate of drug-likeness (QED) is 0.613. The van der Waals surface area contributed by atoms with E-state index in [1.54, 1.807) is 0 Å². The number of nitrogens with one attached hydrogen (secondary N) is 2. The highest BCUT2D eigenvalue weighted by Crippen LogP contribution is 2.21. The van der Waals surface area contributed by atoms with Crippen molar-refractivity contribution in [1.82, 2.24) is 10.2 Å². The van der Waals surface area contributed by atoms with Gasteiger partial charge in [-0.15, -0.1) is 10.2 Å². The number of urea groups is 1. The molecule has 2 amide bonds. The van der Waals surface area contributed by atoms with Crippen molar-refractivity contribution >= 4 is 51.9 Å². The van der Waals surface area contributed by atoms with Gasteiger partial charge >= 0.3 is 6.03 Å². The number of halogens is 1. The molecule has 0 atom stereocenters. The maximum absolute atomic E-state index is 12.1. The molecule has 7 heteroatoms. The molecule has 5 nitrogen and oxygen atoms in total. The van der Waals surface area contributed by atoms with E-state index in [-0.39, 0.29) is 6.03 Å². The summed E-state index contributed by atoms with van der Waals surface area (Å²) < 4.78 is 0. The minimum atomic E-state index is -0.356. The Balaban J connectivity index is 1.62. The number of aromatic nitrogens is 2. The van der Waals surface area contributed by atoms with Crippen molar-refractivity contribution in [1.29, 1.82) is 0 Å². The molecule has 0 fully saturated rings. The first-order chi connectivity index (χ1) is 12.5. The fourth-order valence-electron chi connectivity index (χ4n) is 2.20. The van der Waals surface area contributed by atoms with Crippen LogP contribution < -0.4 is 10.6 Å². The molecule has 0 saturated carbocycles. The molecule has 3 rings (SSSR count). The van der Waals surface area contributed by atoms with Crippen molar-refractivity contribution in [3.63, 3.8) is 0 Å². The number of amides is 2. The Kier molecular flexibility index (Phi) is 5.65. The van der Waals surface area contributed by atoms with Gasteiger partial charge in [-0.3, -0.25) is 5.32 Å². The zero-order valence-corrected chi connectivity index (χ0v) is 15.9. The van der Waals surface area contributed by atoms with Crippen molar-refractivity contribution in [2.45, 2.75) is 13.8 Å². The predicted molar refractivity (Wildman–Crippen MR) is 109 cm³/mol. The number of rotatable bonds is 4. The second-order valence-corrected chi connectivity index (χ2v) is 7.09. The van der Waals surface area contributed by atoms with Gasteiger partial charge in [0.1, 0.15) is 5.01 Å². The van der Waals surface area contributed by atoms with Crippen molar-refractivity contribution in [2.75, 3.05) is 10.6 Å². The van der Waals surface area contributed by atoms with Crippen LogP contribution in [0.3, 0.4) is 0 Å². The minimum Gasteiger partial charge on any atom is -0.308 e. The van der Waals surface area contributed by atoms with Crippen LogP contribution in [-0.2, 0) is 0 Å². The van der Waals surface area contributed by atoms with Gasteiger partial charge in [0.05, 0.1) is 0 Å². The van der Waals surface area contributed by atoms with Gasteiger partial charge in [-0.25, -0.2) is 4.79 Å². The van der Waals surface area contributed by atoms with Gasteiger partial charge in [-0.2, -0.15) is 0 Å². The van der Waals surface area contributed by atoms with Gasteiger partial charge in [0.25, 0.3) is 0 Å². The Morgan fingerprint density at radius 3 is 2.62 bits per heavy atom. The first-order valence-corrected chi connectivity index (χ1v) is 9.12. The maximum atomic E-state index is 12.1. The summed E-state index contributed by atoms with van der Waals surface area (Å²) in [4.78, 5) is 12.1. The first-order valence-electron chi connectivity index (χ1n) is 7.92. The highest BCUT2D eigenvalue weighted by molar-refractivity contribution is 7.16. The third-order valence-corrected chi connectivity index (χ3v) is 4.88. The Hall–Kier alpha value is -2.70. The summed E-state index contributed by atoms with van der Waals surface area (Å²) in [5.41, 5.74) is 3.92. The smallest absolute Gasteiger partial charge is 0.308 e. The molecule has 0 unspecified atom stereocenters. The molecule has 0 spiro atoms. The summed E-state index contributed by atoms with van der Waals surface area (Å²) in [6.07, 6.45) is 3.67. The van der Waals surface area contributed by atoms with Crippen molar-refractivity contribution in [2.24, 2.45) is 0 Å². The largest absolute Gasteiger partial charge is 0.325 e. The summed E-state index contributed by atoms with van der Waals surface area (Å²) in [5, 5.41) is 15.3. The van der Waals surface area contributed by atoms with E-state index in [9.17, 15) is 4.79 Å². The molecule has 132 valence electrons. The van der Waals surface area contributed by atoms with Gasteiger partial charge in [0, 0.05) is 10.7 Å². The van der Waals surface area contributed by atoms with E-state index in [0.717, 1.165) is 16.8 Å². The lowest BCUT2D eigenvalue weighted by Crippen LogP contribution is -2.19. The van der Waals surface area contributed by atoms with Crippen LogP contribution in [0, 0.1) is 13.8 Å². The fraction of sp³-hybridized carbons (Fsp3) is 0.105. The van der Waals surface area contributed by atoms with Gasteiger partial charge in [0.2, 0.25) is 5.13 Å². The van der Waals surface area contributed by atoms with Gasteiger partial charge in [0.15, 0.2) is 0 Å². The van der Waals surface area contributed by atoms with Crippen LogP contribution in [0.1, 0.15) is 21.7 Å². The average molecular weight is 385 g/mol. The monoisotopic (exact) mass is 384 g/mol. The summed E-state index contributed by atoms with van der Waals surface area (Å²) >= 11 is 7.39. The highest BCUT2D eigenvalue weighted by atomic mass is 35.5. The van der Waals surface area contributed by atoms with Gasteiger partial charge in [-0.1, -0.05) is 53.3 Å². The third kappa shape index (κ3) is 4.68. The number of carbonyl (C=O) groups is 1. The van der Waals surface area contributed by atoms with Crippen LogP contribution >= 0.6 is 22.9 Å². The molecule has 0 aliphatic rings. The summed E-state index contributed by atoms with van der Waals surface area (Å²) in [5.74, 6) is 0. The lowest BCUT2D eigenvalue weighted by atomic mass is 10.1. The topological polar surface area (TPSA) is 66.9 Å². The second-order valence-electron chi connectivity index (χ2n) is 5.68. The molecular formula is C19H17ClN4OS. The minimum absolute atomic E-state index is 0.356.